The summed E-state index contributed by atoms with van der Waals surface area (Å²) in [6, 6.07) is 8.01. The average molecular weight is 323 g/mol. The van der Waals surface area contributed by atoms with Crippen LogP contribution in [0, 0.1) is 5.82 Å². The fraction of sp³-hybridized carbons (Fsp3) is 0.133. The fourth-order valence-electron chi connectivity index (χ4n) is 1.58. The predicted molar refractivity (Wildman–Crippen MR) is 79.2 cm³/mol. The SMILES string of the molecule is CC(OC(=O)c1ccc(F)cc1)C(=O)Nc1cccnc1Cl. The van der Waals surface area contributed by atoms with Gasteiger partial charge in [-0.2, -0.15) is 0 Å². The molecule has 1 atom stereocenters. The van der Waals surface area contributed by atoms with E-state index in [1.165, 1.54) is 25.3 Å². The van der Waals surface area contributed by atoms with Gasteiger partial charge in [-0.05, 0) is 43.3 Å². The first-order valence-electron chi connectivity index (χ1n) is 6.35. The lowest BCUT2D eigenvalue weighted by atomic mass is 10.2. The molecule has 0 fully saturated rings. The van der Waals surface area contributed by atoms with Crippen LogP contribution in [0.25, 0.3) is 0 Å². The molecule has 2 rings (SSSR count). The van der Waals surface area contributed by atoms with Crippen molar-refractivity contribution >= 4 is 29.2 Å². The summed E-state index contributed by atoms with van der Waals surface area (Å²) in [5, 5.41) is 2.64. The van der Waals surface area contributed by atoms with Gasteiger partial charge < -0.3 is 10.1 Å². The van der Waals surface area contributed by atoms with Gasteiger partial charge in [-0.3, -0.25) is 4.79 Å². The van der Waals surface area contributed by atoms with E-state index in [1.54, 1.807) is 12.1 Å². The van der Waals surface area contributed by atoms with Crippen LogP contribution >= 0.6 is 11.6 Å². The Morgan fingerprint density at radius 3 is 2.59 bits per heavy atom. The lowest BCUT2D eigenvalue weighted by Crippen LogP contribution is -2.30. The van der Waals surface area contributed by atoms with Gasteiger partial charge in [-0.15, -0.1) is 0 Å². The molecule has 0 radical (unpaired) electrons. The van der Waals surface area contributed by atoms with Crippen LogP contribution in [0.4, 0.5) is 10.1 Å². The lowest BCUT2D eigenvalue weighted by molar-refractivity contribution is -0.123. The lowest BCUT2D eigenvalue weighted by Gasteiger charge is -2.13. The number of anilines is 1. The van der Waals surface area contributed by atoms with Crippen LogP contribution in [0.1, 0.15) is 17.3 Å². The molecule has 2 aromatic rings. The van der Waals surface area contributed by atoms with E-state index in [4.69, 9.17) is 16.3 Å². The van der Waals surface area contributed by atoms with Crippen LogP contribution < -0.4 is 5.32 Å². The molecule has 5 nitrogen and oxygen atoms in total. The van der Waals surface area contributed by atoms with Gasteiger partial charge in [0.05, 0.1) is 11.3 Å². The minimum Gasteiger partial charge on any atom is -0.449 e. The van der Waals surface area contributed by atoms with Gasteiger partial charge in [-0.1, -0.05) is 11.6 Å². The monoisotopic (exact) mass is 322 g/mol. The number of rotatable bonds is 4. The normalized spacial score (nSPS) is 11.6. The molecule has 7 heteroatoms. The van der Waals surface area contributed by atoms with Crippen LogP contribution in [0.15, 0.2) is 42.6 Å². The molecule has 1 aromatic heterocycles. The molecule has 114 valence electrons. The quantitative estimate of drug-likeness (QED) is 0.694. The van der Waals surface area contributed by atoms with Crippen molar-refractivity contribution in [3.05, 3.63) is 59.1 Å². The van der Waals surface area contributed by atoms with Crippen molar-refractivity contribution in [1.29, 1.82) is 0 Å². The predicted octanol–water partition coefficient (Wildman–Crippen LogP) is 3.06. The number of pyridine rings is 1. The zero-order valence-electron chi connectivity index (χ0n) is 11.5. The Hall–Kier alpha value is -2.47. The summed E-state index contributed by atoms with van der Waals surface area (Å²) in [4.78, 5) is 27.6. The van der Waals surface area contributed by atoms with Crippen molar-refractivity contribution in [3.63, 3.8) is 0 Å². The van der Waals surface area contributed by atoms with Crippen LogP contribution in [-0.2, 0) is 9.53 Å². The Labute approximate surface area is 131 Å². The van der Waals surface area contributed by atoms with E-state index in [1.807, 2.05) is 0 Å². The highest BCUT2D eigenvalue weighted by molar-refractivity contribution is 6.32. The van der Waals surface area contributed by atoms with Gasteiger partial charge in [0.1, 0.15) is 5.82 Å². The minimum absolute atomic E-state index is 0.132. The second-order valence-electron chi connectivity index (χ2n) is 4.39. The Morgan fingerprint density at radius 2 is 1.95 bits per heavy atom. The summed E-state index contributed by atoms with van der Waals surface area (Å²) < 4.78 is 17.8. The number of ether oxygens (including phenoxy) is 1. The zero-order valence-corrected chi connectivity index (χ0v) is 12.3. The number of carbonyl (C=O) groups excluding carboxylic acids is 2. The Morgan fingerprint density at radius 1 is 1.27 bits per heavy atom. The Kier molecular flexibility index (Phi) is 5.06. The highest BCUT2D eigenvalue weighted by atomic mass is 35.5. The highest BCUT2D eigenvalue weighted by Crippen LogP contribution is 2.18. The number of nitrogens with zero attached hydrogens (tertiary/aromatic N) is 1. The number of amides is 1. The number of aromatic nitrogens is 1. The molecule has 1 unspecified atom stereocenters. The van der Waals surface area contributed by atoms with Crippen LogP contribution in [0.2, 0.25) is 5.15 Å². The molecule has 1 heterocycles. The fourth-order valence-corrected chi connectivity index (χ4v) is 1.75. The summed E-state index contributed by atoms with van der Waals surface area (Å²) in [6.45, 7) is 1.42. The summed E-state index contributed by atoms with van der Waals surface area (Å²) >= 11 is 5.82. The first-order chi connectivity index (χ1) is 10.5. The third-order valence-electron chi connectivity index (χ3n) is 2.75. The molecule has 0 aliphatic rings. The molecule has 22 heavy (non-hydrogen) atoms. The number of carbonyl (C=O) groups is 2. The summed E-state index contributed by atoms with van der Waals surface area (Å²) in [5.74, 6) is -1.74. The number of esters is 1. The van der Waals surface area contributed by atoms with E-state index < -0.39 is 23.8 Å². The van der Waals surface area contributed by atoms with Gasteiger partial charge >= 0.3 is 5.97 Å². The maximum absolute atomic E-state index is 12.8. The summed E-state index contributed by atoms with van der Waals surface area (Å²) in [6.07, 6.45) is 0.435. The van der Waals surface area contributed by atoms with Crippen LogP contribution in [-0.4, -0.2) is 23.0 Å². The van der Waals surface area contributed by atoms with E-state index in [0.29, 0.717) is 5.69 Å². The molecule has 1 N–H and O–H groups in total. The van der Waals surface area contributed by atoms with Gasteiger partial charge in [-0.25, -0.2) is 14.2 Å². The number of nitrogens with one attached hydrogen (secondary N) is 1. The maximum atomic E-state index is 12.8. The molecule has 0 aliphatic carbocycles. The van der Waals surface area contributed by atoms with Gasteiger partial charge in [0.25, 0.3) is 5.91 Å². The van der Waals surface area contributed by atoms with E-state index in [2.05, 4.69) is 10.3 Å². The summed E-state index contributed by atoms with van der Waals surface area (Å²) in [7, 11) is 0. The topological polar surface area (TPSA) is 68.3 Å². The summed E-state index contributed by atoms with van der Waals surface area (Å²) in [5.41, 5.74) is 0.472. The molecule has 1 aromatic carbocycles. The molecule has 1 amide bonds. The molecule has 0 aliphatic heterocycles. The second-order valence-corrected chi connectivity index (χ2v) is 4.74. The number of halogens is 2. The van der Waals surface area contributed by atoms with Gasteiger partial charge in [0.2, 0.25) is 0 Å². The molecular weight excluding hydrogens is 311 g/mol. The van der Waals surface area contributed by atoms with E-state index in [-0.39, 0.29) is 10.7 Å². The first-order valence-corrected chi connectivity index (χ1v) is 6.73. The molecule has 0 saturated heterocycles. The Balaban J connectivity index is 1.98. The van der Waals surface area contributed by atoms with Crippen molar-refractivity contribution in [3.8, 4) is 0 Å². The zero-order chi connectivity index (χ0) is 16.1. The smallest absolute Gasteiger partial charge is 0.338 e. The average Bonchev–Trinajstić information content (AvgIpc) is 2.50. The van der Waals surface area contributed by atoms with Crippen molar-refractivity contribution < 1.29 is 18.7 Å². The molecule has 0 spiro atoms. The Bertz CT molecular complexity index is 691. The van der Waals surface area contributed by atoms with E-state index >= 15 is 0 Å². The van der Waals surface area contributed by atoms with Crippen LogP contribution in [0.3, 0.4) is 0 Å². The third-order valence-corrected chi connectivity index (χ3v) is 3.05. The van der Waals surface area contributed by atoms with Gasteiger partial charge in [0, 0.05) is 6.20 Å². The third kappa shape index (κ3) is 4.02. The van der Waals surface area contributed by atoms with Crippen molar-refractivity contribution in [2.24, 2.45) is 0 Å². The van der Waals surface area contributed by atoms with Crippen molar-refractivity contribution in [2.45, 2.75) is 13.0 Å². The van der Waals surface area contributed by atoms with Crippen molar-refractivity contribution in [1.82, 2.24) is 4.98 Å². The number of benzene rings is 1. The van der Waals surface area contributed by atoms with E-state index in [9.17, 15) is 14.0 Å². The maximum Gasteiger partial charge on any atom is 0.338 e. The van der Waals surface area contributed by atoms with Crippen molar-refractivity contribution in [2.75, 3.05) is 5.32 Å². The first kappa shape index (κ1) is 15.9. The number of hydrogen-bond donors (Lipinski definition) is 1. The molecular formula is C15H12ClFN2O3. The highest BCUT2D eigenvalue weighted by Gasteiger charge is 2.19. The largest absolute Gasteiger partial charge is 0.449 e. The van der Waals surface area contributed by atoms with Gasteiger partial charge in [0.15, 0.2) is 11.3 Å². The van der Waals surface area contributed by atoms with Crippen LogP contribution in [0.5, 0.6) is 0 Å². The molecule has 0 saturated carbocycles. The standard InChI is InChI=1S/C15H12ClFN2O3/c1-9(14(20)19-12-3-2-8-18-13(12)16)22-15(21)10-4-6-11(17)7-5-10/h2-9H,1H3,(H,19,20). The number of hydrogen-bond acceptors (Lipinski definition) is 4. The second kappa shape index (κ2) is 7.00. The molecule has 0 bridgehead atoms. The minimum atomic E-state index is -1.05. The van der Waals surface area contributed by atoms with E-state index in [0.717, 1.165) is 12.1 Å².